The monoisotopic (exact) mass is 237 g/mol. The van der Waals surface area contributed by atoms with E-state index in [2.05, 4.69) is 29.3 Å². The Balaban J connectivity index is 2.10. The van der Waals surface area contributed by atoms with Gasteiger partial charge >= 0.3 is 0 Å². The second-order valence-electron chi connectivity index (χ2n) is 5.25. The minimum absolute atomic E-state index is 0.489. The van der Waals surface area contributed by atoms with Crippen LogP contribution >= 0.6 is 0 Å². The number of nitrogens with zero attached hydrogens (tertiary/aromatic N) is 3. The van der Waals surface area contributed by atoms with Gasteiger partial charge in [0, 0.05) is 19.6 Å². The van der Waals surface area contributed by atoms with Gasteiger partial charge in [0.15, 0.2) is 0 Å². The number of aryl methyl sites for hydroxylation is 2. The Bertz CT molecular complexity index is 398. The fraction of sp³-hybridized carbons (Fsp3) is 0.750. The van der Waals surface area contributed by atoms with Crippen molar-refractivity contribution in [2.75, 3.05) is 31.2 Å². The summed E-state index contributed by atoms with van der Waals surface area (Å²) in [5.41, 5.74) is 7.71. The van der Waals surface area contributed by atoms with Gasteiger partial charge in [0.05, 0.1) is 11.4 Å². The lowest BCUT2D eigenvalue weighted by Gasteiger charge is -2.35. The second kappa shape index (κ2) is 4.56. The third-order valence-corrected chi connectivity index (χ3v) is 3.70. The molecule has 1 aromatic heterocycles. The first-order valence-corrected chi connectivity index (χ1v) is 6.23. The molecule has 0 spiro atoms. The fourth-order valence-electron chi connectivity index (χ4n) is 2.59. The molecule has 17 heavy (non-hydrogen) atoms. The van der Waals surface area contributed by atoms with Gasteiger partial charge in [-0.15, -0.1) is 0 Å². The Morgan fingerprint density at radius 3 is 2.65 bits per heavy atom. The van der Waals surface area contributed by atoms with Crippen molar-refractivity contribution in [1.82, 2.24) is 14.7 Å². The summed E-state index contributed by atoms with van der Waals surface area (Å²) < 4.78 is 1.84. The highest BCUT2D eigenvalue weighted by Crippen LogP contribution is 2.25. The van der Waals surface area contributed by atoms with E-state index in [1.54, 1.807) is 0 Å². The van der Waals surface area contributed by atoms with Crippen LogP contribution in [0.2, 0.25) is 0 Å². The van der Waals surface area contributed by atoms with Gasteiger partial charge < -0.3 is 16.0 Å². The van der Waals surface area contributed by atoms with Gasteiger partial charge in [0.2, 0.25) is 0 Å². The van der Waals surface area contributed by atoms with Crippen LogP contribution in [0.25, 0.3) is 0 Å². The molecular weight excluding hydrogens is 214 g/mol. The summed E-state index contributed by atoms with van der Waals surface area (Å²) in [6.07, 6.45) is 1.15. The van der Waals surface area contributed by atoms with Crippen LogP contribution in [0.5, 0.6) is 0 Å². The first-order valence-electron chi connectivity index (χ1n) is 6.23. The van der Waals surface area contributed by atoms with Crippen molar-refractivity contribution < 1.29 is 0 Å². The average Bonchev–Trinajstić information content (AvgIpc) is 2.48. The summed E-state index contributed by atoms with van der Waals surface area (Å²) in [4.78, 5) is 2.38. The Morgan fingerprint density at radius 2 is 2.12 bits per heavy atom. The van der Waals surface area contributed by atoms with E-state index < -0.39 is 0 Å². The van der Waals surface area contributed by atoms with Crippen molar-refractivity contribution in [2.45, 2.75) is 26.3 Å². The molecule has 0 bridgehead atoms. The normalized spacial score (nSPS) is 26.1. The number of anilines is 2. The van der Waals surface area contributed by atoms with Gasteiger partial charge in [0.1, 0.15) is 5.82 Å². The van der Waals surface area contributed by atoms with Crippen LogP contribution in [0.4, 0.5) is 11.5 Å². The molecule has 0 aromatic carbocycles. The van der Waals surface area contributed by atoms with Gasteiger partial charge in [-0.2, -0.15) is 5.10 Å². The number of hydrogen-bond donors (Lipinski definition) is 2. The number of nitrogens with two attached hydrogens (primary N) is 1. The zero-order valence-corrected chi connectivity index (χ0v) is 11.2. The molecule has 0 amide bonds. The number of hydrogen-bond acceptors (Lipinski definition) is 4. The molecule has 2 rings (SSSR count). The molecular formula is C12H23N5. The molecule has 2 unspecified atom stereocenters. The van der Waals surface area contributed by atoms with Crippen molar-refractivity contribution in [3.8, 4) is 0 Å². The SMILES string of the molecule is Cc1nn(C)c(NC2CCN(C)CC2C)c1N. The quantitative estimate of drug-likeness (QED) is 0.807. The van der Waals surface area contributed by atoms with Crippen LogP contribution in [-0.4, -0.2) is 40.9 Å². The van der Waals surface area contributed by atoms with E-state index >= 15 is 0 Å². The molecule has 1 fully saturated rings. The summed E-state index contributed by atoms with van der Waals surface area (Å²) in [6.45, 7) is 6.50. The molecule has 1 aliphatic rings. The van der Waals surface area contributed by atoms with Gasteiger partial charge in [0.25, 0.3) is 0 Å². The van der Waals surface area contributed by atoms with Crippen LogP contribution in [0, 0.1) is 12.8 Å². The standard InChI is InChI=1S/C12H23N5/c1-8-7-16(3)6-5-10(8)14-12-11(13)9(2)15-17(12)4/h8,10,14H,5-7,13H2,1-4H3. The smallest absolute Gasteiger partial charge is 0.147 e. The minimum Gasteiger partial charge on any atom is -0.394 e. The van der Waals surface area contributed by atoms with Crippen molar-refractivity contribution in [3.63, 3.8) is 0 Å². The number of nitrogen functional groups attached to an aromatic ring is 1. The van der Waals surface area contributed by atoms with E-state index in [4.69, 9.17) is 5.73 Å². The Labute approximate surface area is 103 Å². The zero-order valence-electron chi connectivity index (χ0n) is 11.2. The van der Waals surface area contributed by atoms with Crippen molar-refractivity contribution in [3.05, 3.63) is 5.69 Å². The lowest BCUT2D eigenvalue weighted by Crippen LogP contribution is -2.43. The molecule has 5 nitrogen and oxygen atoms in total. The lowest BCUT2D eigenvalue weighted by atomic mass is 9.94. The molecule has 3 N–H and O–H groups in total. The molecule has 1 aromatic rings. The maximum Gasteiger partial charge on any atom is 0.147 e. The van der Waals surface area contributed by atoms with E-state index in [0.717, 1.165) is 36.7 Å². The Kier molecular flexibility index (Phi) is 3.28. The maximum absolute atomic E-state index is 6.04. The van der Waals surface area contributed by atoms with E-state index in [0.29, 0.717) is 12.0 Å². The highest BCUT2D eigenvalue weighted by Gasteiger charge is 2.25. The molecule has 96 valence electrons. The van der Waals surface area contributed by atoms with Crippen LogP contribution in [-0.2, 0) is 7.05 Å². The molecule has 0 radical (unpaired) electrons. The number of likely N-dealkylation sites (tertiary alicyclic amines) is 1. The van der Waals surface area contributed by atoms with Gasteiger partial charge in [-0.1, -0.05) is 6.92 Å². The Hall–Kier alpha value is -1.23. The molecule has 0 saturated carbocycles. The zero-order chi connectivity index (χ0) is 12.6. The predicted octanol–water partition coefficient (Wildman–Crippen LogP) is 1.06. The predicted molar refractivity (Wildman–Crippen MR) is 71.0 cm³/mol. The number of rotatable bonds is 2. The maximum atomic E-state index is 6.04. The van der Waals surface area contributed by atoms with Crippen molar-refractivity contribution in [1.29, 1.82) is 0 Å². The van der Waals surface area contributed by atoms with E-state index in [1.807, 2.05) is 18.7 Å². The topological polar surface area (TPSA) is 59.1 Å². The molecule has 1 saturated heterocycles. The fourth-order valence-corrected chi connectivity index (χ4v) is 2.59. The van der Waals surface area contributed by atoms with Gasteiger partial charge in [-0.05, 0) is 32.9 Å². The van der Waals surface area contributed by atoms with Crippen LogP contribution in [0.1, 0.15) is 19.0 Å². The molecule has 0 aliphatic carbocycles. The number of piperidine rings is 1. The summed E-state index contributed by atoms with van der Waals surface area (Å²) in [5.74, 6) is 1.59. The summed E-state index contributed by atoms with van der Waals surface area (Å²) in [6, 6.07) is 0.489. The first kappa shape index (κ1) is 12.2. The second-order valence-corrected chi connectivity index (χ2v) is 5.25. The summed E-state index contributed by atoms with van der Waals surface area (Å²) >= 11 is 0. The van der Waals surface area contributed by atoms with Gasteiger partial charge in [-0.25, -0.2) is 0 Å². The summed E-state index contributed by atoms with van der Waals surface area (Å²) in [5, 5.41) is 7.89. The van der Waals surface area contributed by atoms with Gasteiger partial charge in [-0.3, -0.25) is 4.68 Å². The number of aromatic nitrogens is 2. The summed E-state index contributed by atoms with van der Waals surface area (Å²) in [7, 11) is 4.11. The largest absolute Gasteiger partial charge is 0.394 e. The minimum atomic E-state index is 0.489. The van der Waals surface area contributed by atoms with E-state index in [9.17, 15) is 0 Å². The van der Waals surface area contributed by atoms with Crippen LogP contribution in [0.3, 0.4) is 0 Å². The first-order chi connectivity index (χ1) is 7.99. The van der Waals surface area contributed by atoms with Crippen molar-refractivity contribution in [2.24, 2.45) is 13.0 Å². The van der Waals surface area contributed by atoms with Crippen molar-refractivity contribution >= 4 is 11.5 Å². The average molecular weight is 237 g/mol. The Morgan fingerprint density at radius 1 is 1.41 bits per heavy atom. The van der Waals surface area contributed by atoms with E-state index in [1.165, 1.54) is 0 Å². The molecule has 2 heterocycles. The van der Waals surface area contributed by atoms with Crippen LogP contribution < -0.4 is 11.1 Å². The third-order valence-electron chi connectivity index (χ3n) is 3.70. The lowest BCUT2D eigenvalue weighted by molar-refractivity contribution is 0.206. The molecule has 1 aliphatic heterocycles. The van der Waals surface area contributed by atoms with Crippen LogP contribution in [0.15, 0.2) is 0 Å². The third kappa shape index (κ3) is 2.39. The highest BCUT2D eigenvalue weighted by molar-refractivity contribution is 5.65. The van der Waals surface area contributed by atoms with E-state index in [-0.39, 0.29) is 0 Å². The molecule has 2 atom stereocenters. The molecule has 5 heteroatoms. The number of nitrogens with one attached hydrogen (secondary N) is 1. The highest BCUT2D eigenvalue weighted by atomic mass is 15.3.